The third-order valence-corrected chi connectivity index (χ3v) is 5.89. The Kier molecular flexibility index (Phi) is 9.17. The van der Waals surface area contributed by atoms with E-state index in [1.807, 2.05) is 4.90 Å². The van der Waals surface area contributed by atoms with E-state index in [-0.39, 0.29) is 47.3 Å². The maximum absolute atomic E-state index is 13.9. The summed E-state index contributed by atoms with van der Waals surface area (Å²) < 4.78 is 40.7. The summed E-state index contributed by atoms with van der Waals surface area (Å²) in [6, 6.07) is 6.10. The van der Waals surface area contributed by atoms with Gasteiger partial charge in [-0.25, -0.2) is 22.5 Å². The summed E-state index contributed by atoms with van der Waals surface area (Å²) in [5, 5.41) is 6.35. The van der Waals surface area contributed by atoms with Gasteiger partial charge in [-0.2, -0.15) is 0 Å². The van der Waals surface area contributed by atoms with Crippen LogP contribution in [-0.4, -0.2) is 63.6 Å². The van der Waals surface area contributed by atoms with Crippen LogP contribution in [0.2, 0.25) is 0 Å². The molecule has 0 amide bonds. The largest absolute Gasteiger partial charge is 0.355 e. The van der Waals surface area contributed by atoms with E-state index in [4.69, 9.17) is 0 Å². The first-order valence-corrected chi connectivity index (χ1v) is 10.7. The van der Waals surface area contributed by atoms with E-state index < -0.39 is 10.0 Å². The number of sulfonamides is 1. The zero-order chi connectivity index (χ0) is 20.7. The average Bonchev–Trinajstić information content (AvgIpc) is 3.19. The normalized spacial score (nSPS) is 16.8. The lowest BCUT2D eigenvalue weighted by atomic mass is 10.3. The fourth-order valence-electron chi connectivity index (χ4n) is 3.02. The van der Waals surface area contributed by atoms with Gasteiger partial charge in [-0.3, -0.25) is 9.98 Å². The van der Waals surface area contributed by atoms with Gasteiger partial charge in [-0.05, 0) is 30.7 Å². The van der Waals surface area contributed by atoms with Gasteiger partial charge in [-0.15, -0.1) is 24.0 Å². The third-order valence-electron chi connectivity index (χ3n) is 4.45. The number of halogens is 2. The van der Waals surface area contributed by atoms with Crippen molar-refractivity contribution in [2.45, 2.75) is 17.4 Å². The lowest BCUT2D eigenvalue weighted by Crippen LogP contribution is -2.46. The monoisotopic (exact) mass is 549 g/mol. The molecule has 2 aromatic heterocycles. The van der Waals surface area contributed by atoms with Crippen molar-refractivity contribution in [1.82, 2.24) is 25.3 Å². The molecule has 0 radical (unpaired) electrons. The standard InChI is InChI=1S/C18H24FN7O2S.HI/c1-20-18(23-9-10-24-29(27,28)15-4-2-7-21-12-15)25-14-6-11-26(13-14)17-16(19)5-3-8-22-17;/h2-5,7-8,12,14,24H,6,9-11,13H2,1H3,(H2,20,23,25);1H. The van der Waals surface area contributed by atoms with Crippen LogP contribution in [0, 0.1) is 5.82 Å². The van der Waals surface area contributed by atoms with Gasteiger partial charge in [0.25, 0.3) is 0 Å². The number of nitrogens with one attached hydrogen (secondary N) is 3. The molecule has 164 valence electrons. The predicted molar refractivity (Wildman–Crippen MR) is 124 cm³/mol. The summed E-state index contributed by atoms with van der Waals surface area (Å²) in [5.41, 5.74) is 0. The molecule has 3 heterocycles. The smallest absolute Gasteiger partial charge is 0.242 e. The van der Waals surface area contributed by atoms with Crippen LogP contribution in [0.5, 0.6) is 0 Å². The van der Waals surface area contributed by atoms with Crippen molar-refractivity contribution < 1.29 is 12.8 Å². The SMILES string of the molecule is CN=C(NCCNS(=O)(=O)c1cccnc1)NC1CCN(c2ncccc2F)C1.I. The van der Waals surface area contributed by atoms with E-state index in [2.05, 4.69) is 30.3 Å². The second kappa shape index (κ2) is 11.4. The Hall–Kier alpha value is -2.06. The first kappa shape index (κ1) is 24.2. The highest BCUT2D eigenvalue weighted by atomic mass is 127. The van der Waals surface area contributed by atoms with E-state index in [1.165, 1.54) is 24.5 Å². The lowest BCUT2D eigenvalue weighted by Gasteiger charge is -2.20. The fraction of sp³-hybridized carbons (Fsp3) is 0.389. The van der Waals surface area contributed by atoms with E-state index in [0.29, 0.717) is 31.4 Å². The van der Waals surface area contributed by atoms with Gasteiger partial charge in [0.15, 0.2) is 17.6 Å². The van der Waals surface area contributed by atoms with Crippen molar-refractivity contribution in [1.29, 1.82) is 0 Å². The van der Waals surface area contributed by atoms with Crippen molar-refractivity contribution >= 4 is 45.8 Å². The maximum Gasteiger partial charge on any atom is 0.242 e. The molecule has 3 N–H and O–H groups in total. The van der Waals surface area contributed by atoms with Gasteiger partial charge in [0.05, 0.1) is 0 Å². The van der Waals surface area contributed by atoms with Crippen LogP contribution in [0.4, 0.5) is 10.2 Å². The van der Waals surface area contributed by atoms with Crippen molar-refractivity contribution in [3.05, 3.63) is 48.7 Å². The van der Waals surface area contributed by atoms with E-state index in [0.717, 1.165) is 6.42 Å². The Labute approximate surface area is 192 Å². The van der Waals surface area contributed by atoms with Crippen molar-refractivity contribution in [2.24, 2.45) is 4.99 Å². The minimum absolute atomic E-state index is 0. The summed E-state index contributed by atoms with van der Waals surface area (Å²) >= 11 is 0. The van der Waals surface area contributed by atoms with Crippen LogP contribution in [-0.2, 0) is 10.0 Å². The highest BCUT2D eigenvalue weighted by molar-refractivity contribution is 14.0. The van der Waals surface area contributed by atoms with E-state index in [9.17, 15) is 12.8 Å². The Balaban J connectivity index is 0.00000320. The molecule has 30 heavy (non-hydrogen) atoms. The molecular formula is C18H25FIN7O2S. The Morgan fingerprint density at radius 2 is 2.10 bits per heavy atom. The molecule has 0 saturated carbocycles. The number of hydrogen-bond donors (Lipinski definition) is 3. The van der Waals surface area contributed by atoms with Crippen molar-refractivity contribution in [3.63, 3.8) is 0 Å². The molecule has 2 aromatic rings. The minimum atomic E-state index is -3.59. The van der Waals surface area contributed by atoms with Crippen LogP contribution in [0.15, 0.2) is 52.7 Å². The molecule has 1 saturated heterocycles. The van der Waals surface area contributed by atoms with Gasteiger partial charge < -0.3 is 15.5 Å². The molecule has 1 fully saturated rings. The van der Waals surface area contributed by atoms with Crippen molar-refractivity contribution in [2.75, 3.05) is 38.1 Å². The average molecular weight is 549 g/mol. The van der Waals surface area contributed by atoms with Gasteiger partial charge >= 0.3 is 0 Å². The predicted octanol–water partition coefficient (Wildman–Crippen LogP) is 0.956. The second-order valence-electron chi connectivity index (χ2n) is 6.47. The molecule has 3 rings (SSSR count). The molecule has 9 nitrogen and oxygen atoms in total. The Morgan fingerprint density at radius 3 is 2.80 bits per heavy atom. The summed E-state index contributed by atoms with van der Waals surface area (Å²) in [5.74, 6) is 0.569. The highest BCUT2D eigenvalue weighted by Gasteiger charge is 2.25. The minimum Gasteiger partial charge on any atom is -0.355 e. The van der Waals surface area contributed by atoms with E-state index in [1.54, 1.807) is 25.4 Å². The molecule has 0 spiro atoms. The van der Waals surface area contributed by atoms with Gasteiger partial charge in [0, 0.05) is 57.9 Å². The van der Waals surface area contributed by atoms with E-state index >= 15 is 0 Å². The molecule has 0 aliphatic carbocycles. The Morgan fingerprint density at radius 1 is 1.30 bits per heavy atom. The number of hydrogen-bond acceptors (Lipinski definition) is 6. The zero-order valence-corrected chi connectivity index (χ0v) is 19.6. The van der Waals surface area contributed by atoms with Crippen molar-refractivity contribution in [3.8, 4) is 0 Å². The molecule has 1 aliphatic rings. The van der Waals surface area contributed by atoms with Crippen LogP contribution >= 0.6 is 24.0 Å². The van der Waals surface area contributed by atoms with Gasteiger partial charge in [0.2, 0.25) is 10.0 Å². The highest BCUT2D eigenvalue weighted by Crippen LogP contribution is 2.20. The second-order valence-corrected chi connectivity index (χ2v) is 8.24. The first-order chi connectivity index (χ1) is 14.0. The molecule has 0 aromatic carbocycles. The molecule has 1 unspecified atom stereocenters. The number of aromatic nitrogens is 2. The maximum atomic E-state index is 13.9. The number of rotatable bonds is 7. The van der Waals surface area contributed by atoms with Gasteiger partial charge in [0.1, 0.15) is 4.90 Å². The van der Waals surface area contributed by atoms with Crippen LogP contribution in [0.1, 0.15) is 6.42 Å². The molecule has 1 aliphatic heterocycles. The summed E-state index contributed by atoms with van der Waals surface area (Å²) in [6.45, 7) is 1.83. The molecule has 12 heteroatoms. The third kappa shape index (κ3) is 6.47. The van der Waals surface area contributed by atoms with Crippen LogP contribution in [0.25, 0.3) is 0 Å². The topological polar surface area (TPSA) is 112 Å². The summed E-state index contributed by atoms with van der Waals surface area (Å²) in [6.07, 6.45) is 5.20. The molecule has 1 atom stereocenters. The Bertz CT molecular complexity index is 947. The lowest BCUT2D eigenvalue weighted by molar-refractivity contribution is 0.579. The number of nitrogens with zero attached hydrogens (tertiary/aromatic N) is 4. The number of guanidine groups is 1. The van der Waals surface area contributed by atoms with Crippen LogP contribution in [0.3, 0.4) is 0 Å². The summed E-state index contributed by atoms with van der Waals surface area (Å²) in [4.78, 5) is 14.1. The number of anilines is 1. The fourth-order valence-corrected chi connectivity index (χ4v) is 4.02. The number of pyridine rings is 2. The van der Waals surface area contributed by atoms with Gasteiger partial charge in [-0.1, -0.05) is 0 Å². The quantitative estimate of drug-likeness (QED) is 0.204. The molecule has 0 bridgehead atoms. The van der Waals surface area contributed by atoms with Crippen LogP contribution < -0.4 is 20.3 Å². The first-order valence-electron chi connectivity index (χ1n) is 9.22. The summed E-state index contributed by atoms with van der Waals surface area (Å²) in [7, 11) is -1.95. The number of aliphatic imine (C=N–C) groups is 1. The zero-order valence-electron chi connectivity index (χ0n) is 16.5. The molecular weight excluding hydrogens is 524 g/mol.